The third-order valence-corrected chi connectivity index (χ3v) is 3.06. The van der Waals surface area contributed by atoms with E-state index in [0.29, 0.717) is 24.5 Å². The molecule has 0 spiro atoms. The maximum atomic E-state index is 11.4. The van der Waals surface area contributed by atoms with Crippen molar-refractivity contribution in [2.24, 2.45) is 5.73 Å². The molecule has 0 saturated heterocycles. The van der Waals surface area contributed by atoms with Crippen LogP contribution in [0.1, 0.15) is 12.0 Å². The molecule has 0 aliphatic rings. The zero-order valence-electron chi connectivity index (χ0n) is 13.4. The number of nitrogens with two attached hydrogens (primary N) is 1. The first-order valence-corrected chi connectivity index (χ1v) is 7.54. The van der Waals surface area contributed by atoms with Crippen molar-refractivity contribution < 1.29 is 4.79 Å². The van der Waals surface area contributed by atoms with Gasteiger partial charge in [0.1, 0.15) is 0 Å². The number of amides is 1. The van der Waals surface area contributed by atoms with Gasteiger partial charge in [-0.25, -0.2) is 0 Å². The molecule has 3 aromatic rings. The predicted octanol–water partition coefficient (Wildman–Crippen LogP) is 2.15. The van der Waals surface area contributed by atoms with Gasteiger partial charge in [0.25, 0.3) is 0 Å². The van der Waals surface area contributed by atoms with E-state index in [0.717, 1.165) is 5.56 Å². The van der Waals surface area contributed by atoms with Crippen LogP contribution in [0.4, 0.5) is 5.69 Å². The minimum Gasteiger partial charge on any atom is -0.330 e. The molecule has 0 fully saturated rings. The van der Waals surface area contributed by atoms with Gasteiger partial charge < -0.3 is 11.1 Å². The quantitative estimate of drug-likeness (QED) is 0.681. The smallest absolute Gasteiger partial charge is 0.225 e. The Morgan fingerprint density at radius 1 is 1.17 bits per heavy atom. The van der Waals surface area contributed by atoms with Gasteiger partial charge in [0.05, 0.1) is 0 Å². The molecule has 24 heavy (non-hydrogen) atoms. The van der Waals surface area contributed by atoms with Crippen molar-refractivity contribution in [3.63, 3.8) is 0 Å². The number of hydrogen-bond donors (Lipinski definition) is 3. The number of aryl methyl sites for hydroxylation is 1. The Balaban J connectivity index is 0.000000249. The summed E-state index contributed by atoms with van der Waals surface area (Å²) in [6.45, 7) is 2.41. The van der Waals surface area contributed by atoms with Crippen LogP contribution in [0.5, 0.6) is 0 Å². The van der Waals surface area contributed by atoms with Gasteiger partial charge in [-0.3, -0.25) is 4.79 Å². The summed E-state index contributed by atoms with van der Waals surface area (Å²) in [7, 11) is 0. The summed E-state index contributed by atoms with van der Waals surface area (Å²) in [5.74, 6) is 0.373. The maximum absolute atomic E-state index is 11.4. The van der Waals surface area contributed by atoms with E-state index >= 15 is 0 Å². The standard InChI is InChI=1S/C10H12N6O.C7H8/c11-5-4-9(17)12-8-3-1-2-7(6-8)10-13-15-16-14-10;1-7-5-3-2-4-6-7/h1-3,6H,4-5,11H2,(H,12,17)(H,13,14,15,16);2-6H,1H3. The molecule has 0 radical (unpaired) electrons. The number of nitrogens with zero attached hydrogens (tertiary/aromatic N) is 3. The molecule has 0 saturated carbocycles. The number of tetrazole rings is 1. The van der Waals surface area contributed by atoms with E-state index in [1.807, 2.05) is 30.3 Å². The fraction of sp³-hybridized carbons (Fsp3) is 0.176. The van der Waals surface area contributed by atoms with E-state index in [4.69, 9.17) is 5.73 Å². The van der Waals surface area contributed by atoms with E-state index in [1.165, 1.54) is 5.56 Å². The average molecular weight is 324 g/mol. The van der Waals surface area contributed by atoms with Gasteiger partial charge in [0.2, 0.25) is 11.7 Å². The number of nitrogens with one attached hydrogen (secondary N) is 2. The Morgan fingerprint density at radius 2 is 1.96 bits per heavy atom. The molecule has 3 rings (SSSR count). The van der Waals surface area contributed by atoms with Gasteiger partial charge in [0.15, 0.2) is 0 Å². The number of carbonyl (C=O) groups is 1. The molecule has 0 aliphatic carbocycles. The van der Waals surface area contributed by atoms with Crippen LogP contribution in [-0.2, 0) is 4.79 Å². The SMILES string of the molecule is Cc1ccccc1.NCCC(=O)Nc1cccc(-c2nn[nH]n2)c1. The zero-order chi connectivity index (χ0) is 17.2. The summed E-state index contributed by atoms with van der Waals surface area (Å²) >= 11 is 0. The molecule has 7 nitrogen and oxygen atoms in total. The van der Waals surface area contributed by atoms with Gasteiger partial charge in [-0.1, -0.05) is 48.0 Å². The van der Waals surface area contributed by atoms with E-state index in [1.54, 1.807) is 12.1 Å². The molecule has 1 amide bonds. The summed E-state index contributed by atoms with van der Waals surface area (Å²) in [5.41, 5.74) is 8.09. The molecular weight excluding hydrogens is 304 g/mol. The largest absolute Gasteiger partial charge is 0.330 e. The molecule has 0 bridgehead atoms. The summed E-state index contributed by atoms with van der Waals surface area (Å²) in [6, 6.07) is 17.5. The first kappa shape index (κ1) is 17.3. The molecule has 1 aromatic heterocycles. The van der Waals surface area contributed by atoms with Crippen LogP contribution in [0.2, 0.25) is 0 Å². The normalized spacial score (nSPS) is 9.75. The van der Waals surface area contributed by atoms with Crippen molar-refractivity contribution in [2.75, 3.05) is 11.9 Å². The number of anilines is 1. The van der Waals surface area contributed by atoms with Crippen molar-refractivity contribution in [2.45, 2.75) is 13.3 Å². The van der Waals surface area contributed by atoms with Gasteiger partial charge >= 0.3 is 0 Å². The van der Waals surface area contributed by atoms with Crippen LogP contribution in [0.25, 0.3) is 11.4 Å². The average Bonchev–Trinajstić information content (AvgIpc) is 3.11. The van der Waals surface area contributed by atoms with Crippen molar-refractivity contribution in [1.29, 1.82) is 0 Å². The highest BCUT2D eigenvalue weighted by Crippen LogP contribution is 2.18. The van der Waals surface area contributed by atoms with Crippen LogP contribution in [0.15, 0.2) is 54.6 Å². The van der Waals surface area contributed by atoms with Crippen LogP contribution >= 0.6 is 0 Å². The number of aromatic nitrogens is 4. The lowest BCUT2D eigenvalue weighted by Gasteiger charge is -2.04. The van der Waals surface area contributed by atoms with Crippen molar-refractivity contribution in [3.05, 3.63) is 60.2 Å². The number of H-pyrrole nitrogens is 1. The molecule has 124 valence electrons. The topological polar surface area (TPSA) is 110 Å². The van der Waals surface area contributed by atoms with E-state index in [-0.39, 0.29) is 5.91 Å². The number of benzene rings is 2. The van der Waals surface area contributed by atoms with Crippen LogP contribution < -0.4 is 11.1 Å². The molecule has 0 aliphatic heterocycles. The van der Waals surface area contributed by atoms with Gasteiger partial charge in [0, 0.05) is 24.2 Å². The van der Waals surface area contributed by atoms with Crippen molar-refractivity contribution in [3.8, 4) is 11.4 Å². The number of rotatable bonds is 4. The van der Waals surface area contributed by atoms with Crippen LogP contribution in [0.3, 0.4) is 0 Å². The maximum Gasteiger partial charge on any atom is 0.225 e. The first-order chi connectivity index (χ1) is 11.7. The summed E-state index contributed by atoms with van der Waals surface area (Å²) in [6.07, 6.45) is 0.298. The fourth-order valence-corrected chi connectivity index (χ4v) is 1.91. The van der Waals surface area contributed by atoms with E-state index in [9.17, 15) is 4.79 Å². The van der Waals surface area contributed by atoms with E-state index in [2.05, 4.69) is 45.0 Å². The van der Waals surface area contributed by atoms with Crippen LogP contribution in [-0.4, -0.2) is 33.1 Å². The predicted molar refractivity (Wildman–Crippen MR) is 93.1 cm³/mol. The second kappa shape index (κ2) is 9.16. The third kappa shape index (κ3) is 5.62. The zero-order valence-corrected chi connectivity index (χ0v) is 13.4. The summed E-state index contributed by atoms with van der Waals surface area (Å²) in [5, 5.41) is 16.3. The molecule has 2 aromatic carbocycles. The third-order valence-electron chi connectivity index (χ3n) is 3.06. The molecule has 0 atom stereocenters. The second-order valence-electron chi connectivity index (χ2n) is 5.06. The highest BCUT2D eigenvalue weighted by atomic mass is 16.1. The first-order valence-electron chi connectivity index (χ1n) is 7.54. The van der Waals surface area contributed by atoms with Gasteiger partial charge in [-0.2, -0.15) is 5.21 Å². The Bertz CT molecular complexity index is 743. The van der Waals surface area contributed by atoms with E-state index < -0.39 is 0 Å². The van der Waals surface area contributed by atoms with Crippen LogP contribution in [0, 0.1) is 6.92 Å². The Hall–Kier alpha value is -3.06. The van der Waals surface area contributed by atoms with Crippen molar-refractivity contribution >= 4 is 11.6 Å². The summed E-state index contributed by atoms with van der Waals surface area (Å²) < 4.78 is 0. The number of aromatic amines is 1. The highest BCUT2D eigenvalue weighted by Gasteiger charge is 2.05. The molecule has 7 heteroatoms. The van der Waals surface area contributed by atoms with Crippen molar-refractivity contribution in [1.82, 2.24) is 20.6 Å². The molecule has 0 unspecified atom stereocenters. The molecule has 1 heterocycles. The Morgan fingerprint density at radius 3 is 2.54 bits per heavy atom. The lowest BCUT2D eigenvalue weighted by Crippen LogP contribution is -2.16. The lowest BCUT2D eigenvalue weighted by atomic mass is 10.2. The molecule has 4 N–H and O–H groups in total. The monoisotopic (exact) mass is 324 g/mol. The minimum absolute atomic E-state index is 0.113. The Labute approximate surface area is 140 Å². The number of hydrogen-bond acceptors (Lipinski definition) is 5. The number of carbonyl (C=O) groups excluding carboxylic acids is 1. The fourth-order valence-electron chi connectivity index (χ4n) is 1.91. The highest BCUT2D eigenvalue weighted by molar-refractivity contribution is 5.91. The van der Waals surface area contributed by atoms with Gasteiger partial charge in [-0.15, -0.1) is 10.2 Å². The minimum atomic E-state index is -0.113. The Kier molecular flexibility index (Phi) is 6.60. The molecular formula is C17H20N6O. The second-order valence-corrected chi connectivity index (χ2v) is 5.06. The lowest BCUT2D eigenvalue weighted by molar-refractivity contribution is -0.116. The van der Waals surface area contributed by atoms with Gasteiger partial charge in [-0.05, 0) is 24.3 Å². The summed E-state index contributed by atoms with van der Waals surface area (Å²) in [4.78, 5) is 11.4.